The molecule has 0 radical (unpaired) electrons. The molecule has 0 unspecified atom stereocenters. The van der Waals surface area contributed by atoms with E-state index in [1.807, 2.05) is 26.0 Å². The highest BCUT2D eigenvalue weighted by molar-refractivity contribution is 6.43. The molecule has 0 saturated carbocycles. The average Bonchev–Trinajstić information content (AvgIpc) is 2.66. The highest BCUT2D eigenvalue weighted by Crippen LogP contribution is 2.24. The lowest BCUT2D eigenvalue weighted by molar-refractivity contribution is -0.124. The van der Waals surface area contributed by atoms with Crippen molar-refractivity contribution in [1.29, 1.82) is 0 Å². The zero-order valence-corrected chi connectivity index (χ0v) is 16.9. The molecule has 2 rings (SSSR count). The molecule has 154 valence electrons. The molecule has 28 heavy (non-hydrogen) atoms. The van der Waals surface area contributed by atoms with Gasteiger partial charge >= 0.3 is 7.12 Å². The number of hydrogen-bond acceptors (Lipinski definition) is 5. The maximum Gasteiger partial charge on any atom is 0.475 e. The first-order valence-corrected chi connectivity index (χ1v) is 9.90. The summed E-state index contributed by atoms with van der Waals surface area (Å²) in [6, 6.07) is 4.76. The predicted octanol–water partition coefficient (Wildman–Crippen LogP) is 0.853. The van der Waals surface area contributed by atoms with E-state index in [1.165, 1.54) is 12.7 Å². The molecule has 1 aromatic rings. The van der Waals surface area contributed by atoms with Crippen molar-refractivity contribution >= 4 is 18.9 Å². The summed E-state index contributed by atoms with van der Waals surface area (Å²) >= 11 is 0. The molecule has 2 amide bonds. The predicted molar refractivity (Wildman–Crippen MR) is 108 cm³/mol. The number of amides is 2. The Bertz CT molecular complexity index is 681. The zero-order valence-electron chi connectivity index (χ0n) is 16.9. The van der Waals surface area contributed by atoms with Gasteiger partial charge in [0.05, 0.1) is 12.5 Å². The first kappa shape index (κ1) is 22.4. The van der Waals surface area contributed by atoms with E-state index >= 15 is 0 Å². The standard InChI is InChI=1S/C20H31BN2O5/c1-13(2)11-18(21(26)27)23-20(25)17(12-28-3)22-19(24)16-10-6-8-14-7-4-5-9-15(14)16/h6,8,10,13,17-18,26-27H,4-5,7,9,11-12H2,1-3H3,(H,22,24)(H,23,25)/t17-,18-/m0/s1. The largest absolute Gasteiger partial charge is 0.475 e. The SMILES string of the molecule is COC[C@H](NC(=O)c1cccc2c1CCCC2)C(=O)N[C@@H](CC(C)C)B(O)O. The summed E-state index contributed by atoms with van der Waals surface area (Å²) in [6.45, 7) is 3.84. The van der Waals surface area contributed by atoms with Crippen molar-refractivity contribution in [1.82, 2.24) is 10.6 Å². The molecule has 0 aromatic heterocycles. The first-order valence-electron chi connectivity index (χ1n) is 9.90. The molecular weight excluding hydrogens is 359 g/mol. The average molecular weight is 390 g/mol. The summed E-state index contributed by atoms with van der Waals surface area (Å²) in [6.07, 6.45) is 4.39. The van der Waals surface area contributed by atoms with Crippen molar-refractivity contribution in [3.05, 3.63) is 34.9 Å². The van der Waals surface area contributed by atoms with Gasteiger partial charge in [-0.1, -0.05) is 26.0 Å². The molecule has 1 aliphatic carbocycles. The van der Waals surface area contributed by atoms with Crippen LogP contribution in [0, 0.1) is 5.92 Å². The van der Waals surface area contributed by atoms with Gasteiger partial charge in [0.2, 0.25) is 5.91 Å². The van der Waals surface area contributed by atoms with E-state index in [4.69, 9.17) is 4.74 Å². The second-order valence-corrected chi connectivity index (χ2v) is 7.79. The van der Waals surface area contributed by atoms with Crippen LogP contribution in [0.15, 0.2) is 18.2 Å². The fraction of sp³-hybridized carbons (Fsp3) is 0.600. The number of nitrogens with one attached hydrogen (secondary N) is 2. The summed E-state index contributed by atoms with van der Waals surface area (Å²) in [7, 11) is -0.227. The zero-order chi connectivity index (χ0) is 20.7. The maximum absolute atomic E-state index is 12.9. The highest BCUT2D eigenvalue weighted by Gasteiger charge is 2.30. The number of methoxy groups -OCH3 is 1. The lowest BCUT2D eigenvalue weighted by Crippen LogP contribution is -2.55. The molecule has 1 aromatic carbocycles. The van der Waals surface area contributed by atoms with Crippen molar-refractivity contribution in [2.24, 2.45) is 5.92 Å². The number of rotatable bonds is 9. The molecule has 0 saturated heterocycles. The lowest BCUT2D eigenvalue weighted by Gasteiger charge is -2.24. The minimum absolute atomic E-state index is 0.0114. The van der Waals surface area contributed by atoms with Crippen molar-refractivity contribution < 1.29 is 24.4 Å². The summed E-state index contributed by atoms with van der Waals surface area (Å²) < 4.78 is 5.10. The number of carbonyl (C=O) groups excluding carboxylic acids is 2. The van der Waals surface area contributed by atoms with Crippen molar-refractivity contribution in [2.75, 3.05) is 13.7 Å². The number of ether oxygens (including phenoxy) is 1. The smallest absolute Gasteiger partial charge is 0.426 e. The van der Waals surface area contributed by atoms with Crippen LogP contribution in [0.1, 0.15) is 54.6 Å². The van der Waals surface area contributed by atoms with E-state index in [0.717, 1.165) is 31.2 Å². The van der Waals surface area contributed by atoms with Crippen LogP contribution in [-0.2, 0) is 22.4 Å². The van der Waals surface area contributed by atoms with Gasteiger partial charge in [-0.2, -0.15) is 0 Å². The molecule has 1 aliphatic rings. The summed E-state index contributed by atoms with van der Waals surface area (Å²) in [5, 5.41) is 24.4. The molecule has 0 bridgehead atoms. The van der Waals surface area contributed by atoms with Gasteiger partial charge in [-0.15, -0.1) is 0 Å². The Balaban J connectivity index is 2.11. The Hall–Kier alpha value is -1.90. The third-order valence-corrected chi connectivity index (χ3v) is 5.01. The van der Waals surface area contributed by atoms with Crippen molar-refractivity contribution in [2.45, 2.75) is 57.9 Å². The van der Waals surface area contributed by atoms with Gasteiger partial charge in [-0.05, 0) is 55.2 Å². The van der Waals surface area contributed by atoms with E-state index in [-0.39, 0.29) is 18.4 Å². The molecule has 4 N–H and O–H groups in total. The maximum atomic E-state index is 12.9. The van der Waals surface area contributed by atoms with Gasteiger partial charge in [0, 0.05) is 12.7 Å². The van der Waals surface area contributed by atoms with Gasteiger partial charge in [-0.3, -0.25) is 9.59 Å². The van der Waals surface area contributed by atoms with Crippen LogP contribution < -0.4 is 10.6 Å². The number of benzene rings is 1. The molecule has 2 atom stereocenters. The minimum Gasteiger partial charge on any atom is -0.426 e. The molecule has 7 nitrogen and oxygen atoms in total. The lowest BCUT2D eigenvalue weighted by atomic mass is 9.75. The van der Waals surface area contributed by atoms with Gasteiger partial charge in [0.1, 0.15) is 6.04 Å². The fourth-order valence-electron chi connectivity index (χ4n) is 3.63. The van der Waals surface area contributed by atoms with Gasteiger partial charge in [-0.25, -0.2) is 0 Å². The van der Waals surface area contributed by atoms with Gasteiger partial charge in [0.15, 0.2) is 0 Å². The van der Waals surface area contributed by atoms with Crippen LogP contribution >= 0.6 is 0 Å². The van der Waals surface area contributed by atoms with Crippen LogP contribution in [0.5, 0.6) is 0 Å². The Labute approximate surface area is 167 Å². The summed E-state index contributed by atoms with van der Waals surface area (Å²) in [5.74, 6) is -1.47. The molecular formula is C20H31BN2O5. The topological polar surface area (TPSA) is 108 Å². The van der Waals surface area contributed by atoms with Crippen molar-refractivity contribution in [3.63, 3.8) is 0 Å². The monoisotopic (exact) mass is 390 g/mol. The van der Waals surface area contributed by atoms with Crippen LogP contribution in [0.2, 0.25) is 0 Å². The second-order valence-electron chi connectivity index (χ2n) is 7.79. The number of fused-ring (bicyclic) bond motifs is 1. The second kappa shape index (κ2) is 10.6. The normalized spacial score (nSPS) is 15.5. The molecule has 8 heteroatoms. The molecule has 0 spiro atoms. The quantitative estimate of drug-likeness (QED) is 0.468. The van der Waals surface area contributed by atoms with E-state index in [1.54, 1.807) is 6.07 Å². The molecule has 0 aliphatic heterocycles. The Kier molecular flexibility index (Phi) is 8.47. The Morgan fingerprint density at radius 3 is 2.54 bits per heavy atom. The van der Waals surface area contributed by atoms with Crippen molar-refractivity contribution in [3.8, 4) is 0 Å². The van der Waals surface area contributed by atoms with E-state index in [2.05, 4.69) is 10.6 Å². The van der Waals surface area contributed by atoms with Crippen LogP contribution in [0.3, 0.4) is 0 Å². The first-order chi connectivity index (χ1) is 13.3. The van der Waals surface area contributed by atoms with Gasteiger partial charge < -0.3 is 25.4 Å². The number of hydrogen-bond donors (Lipinski definition) is 4. The number of aryl methyl sites for hydroxylation is 1. The Morgan fingerprint density at radius 2 is 1.89 bits per heavy atom. The van der Waals surface area contributed by atoms with Crippen LogP contribution in [0.4, 0.5) is 0 Å². The highest BCUT2D eigenvalue weighted by atomic mass is 16.5. The fourth-order valence-corrected chi connectivity index (χ4v) is 3.63. The van der Waals surface area contributed by atoms with E-state index < -0.39 is 25.0 Å². The molecule has 0 heterocycles. The Morgan fingerprint density at radius 1 is 1.18 bits per heavy atom. The van der Waals surface area contributed by atoms with Crippen LogP contribution in [0.25, 0.3) is 0 Å². The van der Waals surface area contributed by atoms with Crippen LogP contribution in [-0.4, -0.2) is 54.7 Å². The summed E-state index contributed by atoms with van der Waals surface area (Å²) in [5.41, 5.74) is 2.82. The third-order valence-electron chi connectivity index (χ3n) is 5.01. The van der Waals surface area contributed by atoms with Gasteiger partial charge in [0.25, 0.3) is 5.91 Å². The van der Waals surface area contributed by atoms with E-state index in [9.17, 15) is 19.6 Å². The number of carbonyl (C=O) groups is 2. The van der Waals surface area contributed by atoms with E-state index in [0.29, 0.717) is 12.0 Å². The molecule has 0 fully saturated rings. The minimum atomic E-state index is -1.67. The third kappa shape index (κ3) is 6.05. The summed E-state index contributed by atoms with van der Waals surface area (Å²) in [4.78, 5) is 25.5.